The van der Waals surface area contributed by atoms with Crippen LogP contribution in [0, 0.1) is 0 Å². The minimum Gasteiger partial charge on any atom is -0.480 e. The monoisotopic (exact) mass is 312 g/mol. The second kappa shape index (κ2) is 5.58. The van der Waals surface area contributed by atoms with Gasteiger partial charge in [-0.15, -0.1) is 0 Å². The highest BCUT2D eigenvalue weighted by Gasteiger charge is 2.42. The van der Waals surface area contributed by atoms with Crippen molar-refractivity contribution in [1.29, 1.82) is 0 Å². The standard InChI is InChI=1S/C11H16N6O5/c1-11(2,3)22-10(21)12-6-4-16(8(6)20)9-13-14-15-17(9)5-7(18)19/h6H,4-5H2,1-3H3,(H,12,21)(H,18,19)/t6-/m0/s1. The molecule has 22 heavy (non-hydrogen) atoms. The van der Waals surface area contributed by atoms with E-state index >= 15 is 0 Å². The number of alkyl carbamates (subject to hydrolysis) is 1. The number of carbonyl (C=O) groups is 3. The Bertz CT molecular complexity index is 606. The fourth-order valence-corrected chi connectivity index (χ4v) is 1.79. The van der Waals surface area contributed by atoms with Crippen LogP contribution >= 0.6 is 0 Å². The zero-order valence-corrected chi connectivity index (χ0v) is 12.3. The Labute approximate surface area is 125 Å². The van der Waals surface area contributed by atoms with E-state index in [9.17, 15) is 14.4 Å². The number of carbonyl (C=O) groups excluding carboxylic acids is 2. The van der Waals surface area contributed by atoms with Gasteiger partial charge >= 0.3 is 12.1 Å². The molecule has 0 saturated carbocycles. The molecule has 11 nitrogen and oxygen atoms in total. The number of anilines is 1. The number of hydrogen-bond donors (Lipinski definition) is 2. The molecule has 1 aromatic rings. The van der Waals surface area contributed by atoms with Crippen molar-refractivity contribution in [2.45, 2.75) is 39.0 Å². The van der Waals surface area contributed by atoms with Gasteiger partial charge in [0.15, 0.2) is 0 Å². The number of carboxylic acids is 1. The van der Waals surface area contributed by atoms with Gasteiger partial charge in [-0.1, -0.05) is 5.10 Å². The summed E-state index contributed by atoms with van der Waals surface area (Å²) in [6, 6.07) is -0.746. The first-order chi connectivity index (χ1) is 10.2. The number of carboxylic acid groups (broad SMARTS) is 1. The lowest BCUT2D eigenvalue weighted by atomic mass is 10.1. The summed E-state index contributed by atoms with van der Waals surface area (Å²) in [5, 5.41) is 21.6. The van der Waals surface area contributed by atoms with Crippen molar-refractivity contribution in [3.63, 3.8) is 0 Å². The number of rotatable bonds is 4. The summed E-state index contributed by atoms with van der Waals surface area (Å²) in [5.41, 5.74) is -0.665. The maximum atomic E-state index is 12.0. The van der Waals surface area contributed by atoms with Crippen LogP contribution in [0.15, 0.2) is 0 Å². The van der Waals surface area contributed by atoms with Crippen molar-refractivity contribution in [1.82, 2.24) is 25.5 Å². The Morgan fingerprint density at radius 2 is 2.14 bits per heavy atom. The lowest BCUT2D eigenvalue weighted by molar-refractivity contribution is -0.138. The summed E-state index contributed by atoms with van der Waals surface area (Å²) in [6.07, 6.45) is -0.698. The summed E-state index contributed by atoms with van der Waals surface area (Å²) in [4.78, 5) is 35.4. The summed E-state index contributed by atoms with van der Waals surface area (Å²) in [7, 11) is 0. The van der Waals surface area contributed by atoms with Gasteiger partial charge in [-0.25, -0.2) is 4.79 Å². The number of hydrogen-bond acceptors (Lipinski definition) is 7. The van der Waals surface area contributed by atoms with E-state index in [0.29, 0.717) is 0 Å². The van der Waals surface area contributed by atoms with Crippen molar-refractivity contribution in [3.05, 3.63) is 0 Å². The van der Waals surface area contributed by atoms with Gasteiger partial charge in [0.05, 0.1) is 6.54 Å². The molecule has 1 aromatic heterocycles. The van der Waals surface area contributed by atoms with Crippen LogP contribution < -0.4 is 10.2 Å². The van der Waals surface area contributed by atoms with E-state index in [4.69, 9.17) is 9.84 Å². The largest absolute Gasteiger partial charge is 0.480 e. The number of nitrogens with zero attached hydrogens (tertiary/aromatic N) is 5. The number of tetrazole rings is 1. The molecule has 0 unspecified atom stereocenters. The van der Waals surface area contributed by atoms with Gasteiger partial charge in [-0.05, 0) is 31.2 Å². The van der Waals surface area contributed by atoms with E-state index in [1.54, 1.807) is 20.8 Å². The second-order valence-electron chi connectivity index (χ2n) is 5.68. The molecule has 2 N–H and O–H groups in total. The van der Waals surface area contributed by atoms with Gasteiger partial charge in [0.1, 0.15) is 18.2 Å². The molecule has 120 valence electrons. The van der Waals surface area contributed by atoms with E-state index in [2.05, 4.69) is 20.8 Å². The molecular formula is C11H16N6O5. The van der Waals surface area contributed by atoms with E-state index in [1.165, 1.54) is 4.90 Å². The van der Waals surface area contributed by atoms with Crippen LogP contribution in [0.3, 0.4) is 0 Å². The van der Waals surface area contributed by atoms with E-state index in [1.807, 2.05) is 0 Å². The zero-order valence-electron chi connectivity index (χ0n) is 12.3. The van der Waals surface area contributed by atoms with Gasteiger partial charge in [0, 0.05) is 0 Å². The molecule has 2 rings (SSSR count). The summed E-state index contributed by atoms with van der Waals surface area (Å²) in [5.74, 6) is -1.55. The molecule has 0 radical (unpaired) electrons. The number of ether oxygens (including phenoxy) is 1. The minimum atomic E-state index is -1.13. The number of aromatic nitrogens is 4. The Morgan fingerprint density at radius 1 is 1.45 bits per heavy atom. The molecule has 11 heteroatoms. The molecule has 0 spiro atoms. The second-order valence-corrected chi connectivity index (χ2v) is 5.68. The highest BCUT2D eigenvalue weighted by atomic mass is 16.6. The smallest absolute Gasteiger partial charge is 0.408 e. The normalized spacial score (nSPS) is 17.9. The van der Waals surface area contributed by atoms with Gasteiger partial charge in [-0.3, -0.25) is 14.5 Å². The fourth-order valence-electron chi connectivity index (χ4n) is 1.79. The quantitative estimate of drug-likeness (QED) is 0.674. The molecule has 1 atom stereocenters. The molecule has 1 fully saturated rings. The van der Waals surface area contributed by atoms with E-state index in [0.717, 1.165) is 4.68 Å². The molecule has 1 aliphatic heterocycles. The summed E-state index contributed by atoms with van der Waals surface area (Å²) >= 11 is 0. The van der Waals surface area contributed by atoms with Gasteiger partial charge in [-0.2, -0.15) is 4.68 Å². The summed E-state index contributed by atoms with van der Waals surface area (Å²) in [6.45, 7) is 4.80. The average molecular weight is 312 g/mol. The van der Waals surface area contributed by atoms with Crippen molar-refractivity contribution >= 4 is 23.9 Å². The van der Waals surface area contributed by atoms with Crippen LogP contribution in [-0.2, 0) is 20.9 Å². The van der Waals surface area contributed by atoms with Crippen LogP contribution in [0.2, 0.25) is 0 Å². The molecule has 1 saturated heterocycles. The Hall–Kier alpha value is -2.72. The maximum absolute atomic E-state index is 12.0. The van der Waals surface area contributed by atoms with Crippen LogP contribution in [-0.4, -0.2) is 61.5 Å². The number of amides is 2. The van der Waals surface area contributed by atoms with Gasteiger partial charge in [0.2, 0.25) is 0 Å². The summed E-state index contributed by atoms with van der Waals surface area (Å²) < 4.78 is 6.04. The van der Waals surface area contributed by atoms with Crippen molar-refractivity contribution in [2.24, 2.45) is 0 Å². The predicted molar refractivity (Wildman–Crippen MR) is 71.0 cm³/mol. The predicted octanol–water partition coefficient (Wildman–Crippen LogP) is -1.00. The molecule has 0 aromatic carbocycles. The maximum Gasteiger partial charge on any atom is 0.408 e. The van der Waals surface area contributed by atoms with Crippen LogP contribution in [0.5, 0.6) is 0 Å². The zero-order chi connectivity index (χ0) is 16.5. The topological polar surface area (TPSA) is 140 Å². The van der Waals surface area contributed by atoms with Gasteiger partial charge in [0.25, 0.3) is 11.9 Å². The highest BCUT2D eigenvalue weighted by molar-refractivity contribution is 6.04. The van der Waals surface area contributed by atoms with Gasteiger partial charge < -0.3 is 15.2 Å². The molecule has 2 amide bonds. The molecule has 2 heterocycles. The SMILES string of the molecule is CC(C)(C)OC(=O)N[C@H]1CN(c2nnnn2CC(=O)O)C1=O. The number of nitrogens with one attached hydrogen (secondary N) is 1. The van der Waals surface area contributed by atoms with Crippen molar-refractivity contribution in [3.8, 4) is 0 Å². The Morgan fingerprint density at radius 3 is 2.68 bits per heavy atom. The number of β-lactam (4-membered cyclic amide) rings is 1. The van der Waals surface area contributed by atoms with E-state index in [-0.39, 0.29) is 12.5 Å². The third kappa shape index (κ3) is 3.48. The highest BCUT2D eigenvalue weighted by Crippen LogP contribution is 2.19. The molecule has 0 aliphatic carbocycles. The Kier molecular flexibility index (Phi) is 3.97. The van der Waals surface area contributed by atoms with E-state index < -0.39 is 36.2 Å². The first-order valence-electron chi connectivity index (χ1n) is 6.46. The molecule has 0 bridgehead atoms. The first kappa shape index (κ1) is 15.7. The van der Waals surface area contributed by atoms with Crippen LogP contribution in [0.4, 0.5) is 10.7 Å². The fraction of sp³-hybridized carbons (Fsp3) is 0.636. The van der Waals surface area contributed by atoms with Crippen LogP contribution in [0.1, 0.15) is 20.8 Å². The first-order valence-corrected chi connectivity index (χ1v) is 6.46. The molecule has 1 aliphatic rings. The average Bonchev–Trinajstić information content (AvgIpc) is 2.78. The minimum absolute atomic E-state index is 0.0228. The van der Waals surface area contributed by atoms with Crippen molar-refractivity contribution in [2.75, 3.05) is 11.4 Å². The number of aliphatic carboxylic acids is 1. The van der Waals surface area contributed by atoms with Crippen LogP contribution in [0.25, 0.3) is 0 Å². The lowest BCUT2D eigenvalue weighted by Gasteiger charge is -2.37. The Balaban J connectivity index is 1.94. The lowest BCUT2D eigenvalue weighted by Crippen LogP contribution is -2.65. The molecular weight excluding hydrogens is 296 g/mol. The van der Waals surface area contributed by atoms with Crippen molar-refractivity contribution < 1.29 is 24.2 Å². The third-order valence-corrected chi connectivity index (χ3v) is 2.66. The third-order valence-electron chi connectivity index (χ3n) is 2.66.